The molecule has 142 valence electrons. The number of carbonyl (C=O) groups excluding carboxylic acids is 2. The average Bonchev–Trinajstić information content (AvgIpc) is 3.01. The summed E-state index contributed by atoms with van der Waals surface area (Å²) in [5.41, 5.74) is 4.85. The van der Waals surface area contributed by atoms with E-state index >= 15 is 0 Å². The van der Waals surface area contributed by atoms with Gasteiger partial charge >= 0.3 is 0 Å². The Bertz CT molecular complexity index is 1180. The Morgan fingerprint density at radius 1 is 0.793 bits per heavy atom. The minimum Gasteiger partial charge on any atom is -0.274 e. The van der Waals surface area contributed by atoms with Crippen molar-refractivity contribution in [3.8, 4) is 0 Å². The van der Waals surface area contributed by atoms with E-state index in [2.05, 4.69) is 40.2 Å². The lowest BCUT2D eigenvalue weighted by Gasteiger charge is -2.51. The molecule has 0 radical (unpaired) electrons. The van der Waals surface area contributed by atoms with Gasteiger partial charge in [0.15, 0.2) is 0 Å². The Labute approximate surface area is 181 Å². The lowest BCUT2D eigenvalue weighted by Crippen LogP contribution is -2.50. The van der Waals surface area contributed by atoms with Gasteiger partial charge in [-0.1, -0.05) is 88.2 Å². The van der Waals surface area contributed by atoms with E-state index in [4.69, 9.17) is 11.6 Å². The van der Waals surface area contributed by atoms with Gasteiger partial charge in [-0.25, -0.2) is 4.90 Å². The van der Waals surface area contributed by atoms with Crippen LogP contribution < -0.4 is 4.90 Å². The van der Waals surface area contributed by atoms with Gasteiger partial charge in [-0.05, 0) is 34.4 Å². The van der Waals surface area contributed by atoms with Crippen molar-refractivity contribution in [2.45, 2.75) is 10.2 Å². The number of alkyl halides is 1. The summed E-state index contributed by atoms with van der Waals surface area (Å²) in [7, 11) is 0. The Hall–Kier alpha value is -2.43. The van der Waals surface area contributed by atoms with E-state index in [0.29, 0.717) is 10.7 Å². The topological polar surface area (TPSA) is 37.4 Å². The fraction of sp³-hybridized carbons (Fsp3) is 0.167. The number of amides is 2. The molecule has 1 saturated heterocycles. The molecule has 0 N–H and O–H groups in total. The second kappa shape index (κ2) is 5.80. The van der Waals surface area contributed by atoms with Crippen LogP contribution in [0.15, 0.2) is 72.8 Å². The molecule has 2 bridgehead atoms. The quantitative estimate of drug-likeness (QED) is 0.365. The fourth-order valence-corrected chi connectivity index (χ4v) is 6.97. The van der Waals surface area contributed by atoms with Gasteiger partial charge in [0, 0.05) is 5.92 Å². The number of benzene rings is 3. The van der Waals surface area contributed by atoms with Crippen molar-refractivity contribution >= 4 is 45.0 Å². The van der Waals surface area contributed by atoms with E-state index in [1.807, 2.05) is 24.3 Å². The van der Waals surface area contributed by atoms with E-state index < -0.39 is 16.2 Å². The number of imide groups is 1. The van der Waals surface area contributed by atoms with Crippen molar-refractivity contribution in [2.24, 2.45) is 11.8 Å². The van der Waals surface area contributed by atoms with Gasteiger partial charge in [-0.15, -0.1) is 0 Å². The van der Waals surface area contributed by atoms with Crippen LogP contribution in [0.2, 0.25) is 5.02 Å². The average molecular weight is 465 g/mol. The maximum Gasteiger partial charge on any atom is 0.239 e. The number of carbonyl (C=O) groups is 2. The van der Waals surface area contributed by atoms with Crippen LogP contribution in [0, 0.1) is 11.8 Å². The summed E-state index contributed by atoms with van der Waals surface area (Å²) in [5.74, 6) is -1.48. The van der Waals surface area contributed by atoms with Gasteiger partial charge in [-0.2, -0.15) is 0 Å². The van der Waals surface area contributed by atoms with Crippen molar-refractivity contribution in [1.29, 1.82) is 0 Å². The number of halogens is 2. The Morgan fingerprint density at radius 3 is 1.97 bits per heavy atom. The van der Waals surface area contributed by atoms with Crippen molar-refractivity contribution in [3.05, 3.63) is 100 Å². The molecule has 0 aromatic heterocycles. The number of hydrogen-bond donors (Lipinski definition) is 0. The SMILES string of the molecule is O=C1[C@@H]2C3c4ccccc4C(Br)(c4ccccc43)[C@@H]2C(=O)N1c1ccccc1Cl. The van der Waals surface area contributed by atoms with Crippen LogP contribution in [0.5, 0.6) is 0 Å². The third-order valence-electron chi connectivity index (χ3n) is 6.61. The largest absolute Gasteiger partial charge is 0.274 e. The van der Waals surface area contributed by atoms with Gasteiger partial charge in [0.1, 0.15) is 0 Å². The van der Waals surface area contributed by atoms with Crippen LogP contribution in [0.4, 0.5) is 5.69 Å². The normalized spacial score (nSPS) is 28.9. The predicted octanol–water partition coefficient (Wildman–Crippen LogP) is 5.24. The van der Waals surface area contributed by atoms with E-state index in [9.17, 15) is 9.59 Å². The molecule has 3 nitrogen and oxygen atoms in total. The zero-order chi connectivity index (χ0) is 19.9. The lowest BCUT2D eigenvalue weighted by molar-refractivity contribution is -0.122. The molecule has 5 heteroatoms. The van der Waals surface area contributed by atoms with Crippen LogP contribution in [0.1, 0.15) is 28.2 Å². The van der Waals surface area contributed by atoms with E-state index in [1.54, 1.807) is 24.3 Å². The minimum atomic E-state index is -0.734. The molecule has 1 heterocycles. The Morgan fingerprint density at radius 2 is 1.34 bits per heavy atom. The molecule has 29 heavy (non-hydrogen) atoms. The van der Waals surface area contributed by atoms with Gasteiger partial charge < -0.3 is 0 Å². The first kappa shape index (κ1) is 17.4. The molecule has 7 rings (SSSR count). The Balaban J connectivity index is 1.64. The van der Waals surface area contributed by atoms with E-state index in [1.165, 1.54) is 4.90 Å². The van der Waals surface area contributed by atoms with Crippen molar-refractivity contribution in [3.63, 3.8) is 0 Å². The molecule has 1 fully saturated rings. The minimum absolute atomic E-state index is 0.143. The summed E-state index contributed by atoms with van der Waals surface area (Å²) in [6, 6.07) is 23.3. The summed E-state index contributed by atoms with van der Waals surface area (Å²) < 4.78 is -0.734. The molecule has 0 spiro atoms. The number of nitrogens with zero attached hydrogens (tertiary/aromatic N) is 1. The second-order valence-electron chi connectivity index (χ2n) is 7.83. The first-order valence-electron chi connectivity index (χ1n) is 9.55. The Kier molecular flexibility index (Phi) is 3.49. The molecule has 4 aliphatic rings. The molecule has 3 aromatic carbocycles. The summed E-state index contributed by atoms with van der Waals surface area (Å²) in [5, 5.41) is 0.402. The molecule has 1 aliphatic heterocycles. The summed E-state index contributed by atoms with van der Waals surface area (Å²) in [6.45, 7) is 0. The van der Waals surface area contributed by atoms with E-state index in [-0.39, 0.29) is 17.7 Å². The van der Waals surface area contributed by atoms with Crippen LogP contribution >= 0.6 is 27.5 Å². The number of para-hydroxylation sites is 1. The van der Waals surface area contributed by atoms with Crippen molar-refractivity contribution in [1.82, 2.24) is 0 Å². The third kappa shape index (κ3) is 1.99. The first-order valence-corrected chi connectivity index (χ1v) is 10.7. The lowest BCUT2D eigenvalue weighted by atomic mass is 9.55. The maximum absolute atomic E-state index is 13.7. The molecular formula is C24H15BrClNO2. The zero-order valence-corrected chi connectivity index (χ0v) is 17.5. The van der Waals surface area contributed by atoms with Crippen LogP contribution in [0.25, 0.3) is 0 Å². The molecule has 0 saturated carbocycles. The van der Waals surface area contributed by atoms with Gasteiger partial charge in [-0.3, -0.25) is 9.59 Å². The van der Waals surface area contributed by atoms with Crippen molar-refractivity contribution in [2.75, 3.05) is 4.90 Å². The van der Waals surface area contributed by atoms with Crippen LogP contribution in [0.3, 0.4) is 0 Å². The molecule has 2 atom stereocenters. The monoisotopic (exact) mass is 463 g/mol. The predicted molar refractivity (Wildman–Crippen MR) is 115 cm³/mol. The summed E-state index contributed by atoms with van der Waals surface area (Å²) in [4.78, 5) is 28.7. The second-order valence-corrected chi connectivity index (χ2v) is 9.49. The molecule has 0 unspecified atom stereocenters. The highest BCUT2D eigenvalue weighted by Gasteiger charge is 2.67. The first-order chi connectivity index (χ1) is 14.0. The van der Waals surface area contributed by atoms with Crippen LogP contribution in [-0.2, 0) is 13.9 Å². The fourth-order valence-electron chi connectivity index (χ4n) is 5.55. The van der Waals surface area contributed by atoms with Crippen molar-refractivity contribution < 1.29 is 9.59 Å². The van der Waals surface area contributed by atoms with E-state index in [0.717, 1.165) is 22.3 Å². The third-order valence-corrected chi connectivity index (χ3v) is 8.27. The zero-order valence-electron chi connectivity index (χ0n) is 15.2. The molecular weight excluding hydrogens is 450 g/mol. The van der Waals surface area contributed by atoms with Crippen LogP contribution in [-0.4, -0.2) is 11.8 Å². The van der Waals surface area contributed by atoms with Gasteiger partial charge in [0.2, 0.25) is 11.8 Å². The standard InChI is InChI=1S/C24H15BrClNO2/c25-24-15-9-3-1-7-13(15)19(14-8-2-4-10-16(14)24)20-21(24)23(29)27(22(20)28)18-12-6-5-11-17(18)26/h1-12,19-21H/t19?,20-,21+,24?/m1/s1. The molecule has 3 aromatic rings. The number of anilines is 1. The highest BCUT2D eigenvalue weighted by Crippen LogP contribution is 2.66. The molecule has 2 amide bonds. The van der Waals surface area contributed by atoms with Gasteiger partial charge in [0.05, 0.1) is 26.9 Å². The van der Waals surface area contributed by atoms with Gasteiger partial charge in [0.25, 0.3) is 0 Å². The summed E-state index contributed by atoms with van der Waals surface area (Å²) >= 11 is 10.4. The summed E-state index contributed by atoms with van der Waals surface area (Å²) in [6.07, 6.45) is 0. The molecule has 3 aliphatic carbocycles. The maximum atomic E-state index is 13.7. The highest BCUT2D eigenvalue weighted by atomic mass is 79.9. The number of rotatable bonds is 1. The number of hydrogen-bond acceptors (Lipinski definition) is 2. The highest BCUT2D eigenvalue weighted by molar-refractivity contribution is 9.09. The smallest absolute Gasteiger partial charge is 0.239 e.